The topological polar surface area (TPSA) is 17.1 Å². The van der Waals surface area contributed by atoms with Gasteiger partial charge in [0, 0.05) is 12.0 Å². The van der Waals surface area contributed by atoms with Crippen molar-refractivity contribution in [3.8, 4) is 0 Å². The first-order valence-electron chi connectivity index (χ1n) is 7.34. The van der Waals surface area contributed by atoms with Crippen molar-refractivity contribution < 1.29 is 4.79 Å². The van der Waals surface area contributed by atoms with Crippen molar-refractivity contribution in [3.05, 3.63) is 35.9 Å². The van der Waals surface area contributed by atoms with Crippen LogP contribution in [0.25, 0.3) is 0 Å². The van der Waals surface area contributed by atoms with Crippen molar-refractivity contribution in [2.24, 2.45) is 11.8 Å². The molecule has 0 spiro atoms. The van der Waals surface area contributed by atoms with E-state index in [-0.39, 0.29) is 0 Å². The third-order valence-electron chi connectivity index (χ3n) is 4.25. The zero-order chi connectivity index (χ0) is 12.8. The number of hydrogen-bond donors (Lipinski definition) is 0. The summed E-state index contributed by atoms with van der Waals surface area (Å²) in [5, 5.41) is 0. The molecule has 1 fully saturated rings. The fraction of sp³-hybridized carbons (Fsp3) is 0.588. The summed E-state index contributed by atoms with van der Waals surface area (Å²) in [7, 11) is 0. The van der Waals surface area contributed by atoms with Crippen molar-refractivity contribution in [2.45, 2.75) is 51.9 Å². The predicted octanol–water partition coefficient (Wildman–Crippen LogP) is 4.87. The van der Waals surface area contributed by atoms with Gasteiger partial charge in [-0.1, -0.05) is 69.4 Å². The van der Waals surface area contributed by atoms with Gasteiger partial charge in [-0.05, 0) is 18.3 Å². The Labute approximate surface area is 111 Å². The molecule has 0 radical (unpaired) electrons. The monoisotopic (exact) mass is 244 g/mol. The fourth-order valence-electron chi connectivity index (χ4n) is 2.96. The van der Waals surface area contributed by atoms with Crippen molar-refractivity contribution in [1.82, 2.24) is 0 Å². The molecule has 1 aliphatic rings. The van der Waals surface area contributed by atoms with Gasteiger partial charge < -0.3 is 0 Å². The minimum absolute atomic E-state index is 0.313. The Morgan fingerprint density at radius 1 is 1.11 bits per heavy atom. The first-order chi connectivity index (χ1) is 8.75. The molecule has 1 nitrogen and oxygen atoms in total. The molecule has 0 N–H and O–H groups in total. The lowest BCUT2D eigenvalue weighted by Crippen LogP contribution is -2.05. The van der Waals surface area contributed by atoms with Crippen LogP contribution >= 0.6 is 0 Å². The Hall–Kier alpha value is -1.11. The van der Waals surface area contributed by atoms with E-state index in [0.717, 1.165) is 30.2 Å². The Morgan fingerprint density at radius 3 is 2.67 bits per heavy atom. The van der Waals surface area contributed by atoms with Gasteiger partial charge in [-0.15, -0.1) is 0 Å². The average molecular weight is 244 g/mol. The molecule has 98 valence electrons. The van der Waals surface area contributed by atoms with Crippen molar-refractivity contribution in [1.29, 1.82) is 0 Å². The Morgan fingerprint density at radius 2 is 1.89 bits per heavy atom. The minimum Gasteiger partial charge on any atom is -0.294 e. The maximum absolute atomic E-state index is 12.0. The van der Waals surface area contributed by atoms with Crippen LogP contribution < -0.4 is 0 Å². The normalized spacial score (nSPS) is 24.5. The highest BCUT2D eigenvalue weighted by atomic mass is 16.1. The summed E-state index contributed by atoms with van der Waals surface area (Å²) in [5.74, 6) is 1.98. The van der Waals surface area contributed by atoms with Crippen molar-refractivity contribution >= 4 is 5.78 Å². The van der Waals surface area contributed by atoms with Crippen LogP contribution in [0.3, 0.4) is 0 Å². The Kier molecular flexibility index (Phi) is 4.98. The van der Waals surface area contributed by atoms with Gasteiger partial charge in [0.05, 0.1) is 0 Å². The molecule has 0 aliphatic heterocycles. The Bertz CT molecular complexity index is 368. The maximum atomic E-state index is 12.0. The van der Waals surface area contributed by atoms with Gasteiger partial charge in [-0.2, -0.15) is 0 Å². The van der Waals surface area contributed by atoms with Crippen molar-refractivity contribution in [3.63, 3.8) is 0 Å². The van der Waals surface area contributed by atoms with Gasteiger partial charge in [0.25, 0.3) is 0 Å². The van der Waals surface area contributed by atoms with Gasteiger partial charge in [-0.25, -0.2) is 0 Å². The summed E-state index contributed by atoms with van der Waals surface area (Å²) >= 11 is 0. The number of carbonyl (C=O) groups excluding carboxylic acids is 1. The third-order valence-corrected chi connectivity index (χ3v) is 4.25. The van der Waals surface area contributed by atoms with E-state index in [1.807, 2.05) is 30.3 Å². The van der Waals surface area contributed by atoms with E-state index in [4.69, 9.17) is 0 Å². The van der Waals surface area contributed by atoms with Crippen LogP contribution in [-0.4, -0.2) is 5.78 Å². The lowest BCUT2D eigenvalue weighted by Gasteiger charge is -2.13. The zero-order valence-electron chi connectivity index (χ0n) is 11.4. The number of carbonyl (C=O) groups is 1. The van der Waals surface area contributed by atoms with Crippen LogP contribution in [-0.2, 0) is 0 Å². The molecular formula is C17H24O. The molecule has 1 aliphatic carbocycles. The highest BCUT2D eigenvalue weighted by Gasteiger charge is 2.17. The van der Waals surface area contributed by atoms with Crippen LogP contribution in [0.15, 0.2) is 30.3 Å². The molecule has 0 heterocycles. The number of ketones is 1. The highest BCUT2D eigenvalue weighted by molar-refractivity contribution is 5.95. The zero-order valence-corrected chi connectivity index (χ0v) is 11.4. The fourth-order valence-corrected chi connectivity index (χ4v) is 2.96. The minimum atomic E-state index is 0.313. The van der Waals surface area contributed by atoms with Crippen LogP contribution in [0.5, 0.6) is 0 Å². The molecular weight excluding hydrogens is 220 g/mol. The smallest absolute Gasteiger partial charge is 0.162 e. The lowest BCUT2D eigenvalue weighted by atomic mass is 9.92. The Balaban J connectivity index is 1.79. The molecule has 2 rings (SSSR count). The second kappa shape index (κ2) is 6.72. The highest BCUT2D eigenvalue weighted by Crippen LogP contribution is 2.29. The summed E-state index contributed by atoms with van der Waals surface area (Å²) in [6.07, 6.45) is 8.54. The van der Waals surface area contributed by atoms with Crippen LogP contribution in [0.1, 0.15) is 62.2 Å². The first-order valence-corrected chi connectivity index (χ1v) is 7.34. The summed E-state index contributed by atoms with van der Waals surface area (Å²) in [6.45, 7) is 2.36. The molecule has 1 saturated carbocycles. The van der Waals surface area contributed by atoms with E-state index < -0.39 is 0 Å². The molecule has 0 aromatic heterocycles. The van der Waals surface area contributed by atoms with Crippen LogP contribution in [0.4, 0.5) is 0 Å². The summed E-state index contributed by atoms with van der Waals surface area (Å²) < 4.78 is 0. The standard InChI is InChI=1S/C17H24O/c1-14-6-5-7-15(11-10-14)12-13-17(18)16-8-3-2-4-9-16/h2-4,8-9,14-15H,5-7,10-13H2,1H3. The number of rotatable bonds is 4. The number of benzene rings is 1. The van der Waals surface area contributed by atoms with Crippen LogP contribution in [0.2, 0.25) is 0 Å². The van der Waals surface area contributed by atoms with E-state index in [2.05, 4.69) is 6.92 Å². The molecule has 0 saturated heterocycles. The number of hydrogen-bond acceptors (Lipinski definition) is 1. The van der Waals surface area contributed by atoms with E-state index >= 15 is 0 Å². The van der Waals surface area contributed by atoms with E-state index in [0.29, 0.717) is 5.78 Å². The molecule has 1 heteroatoms. The molecule has 1 aromatic rings. The molecule has 0 amide bonds. The van der Waals surface area contributed by atoms with Gasteiger partial charge >= 0.3 is 0 Å². The largest absolute Gasteiger partial charge is 0.294 e. The maximum Gasteiger partial charge on any atom is 0.162 e. The summed E-state index contributed by atoms with van der Waals surface area (Å²) in [6, 6.07) is 9.71. The molecule has 18 heavy (non-hydrogen) atoms. The van der Waals surface area contributed by atoms with Crippen molar-refractivity contribution in [2.75, 3.05) is 0 Å². The van der Waals surface area contributed by atoms with Gasteiger partial charge in [0.2, 0.25) is 0 Å². The number of Topliss-reactive ketones (excluding diaryl/α,β-unsaturated/α-hetero) is 1. The van der Waals surface area contributed by atoms with E-state index in [1.165, 1.54) is 32.1 Å². The van der Waals surface area contributed by atoms with Gasteiger partial charge in [0.1, 0.15) is 0 Å². The SMILES string of the molecule is CC1CCCC(CCC(=O)c2ccccc2)CC1. The van der Waals surface area contributed by atoms with E-state index in [9.17, 15) is 4.79 Å². The van der Waals surface area contributed by atoms with Gasteiger partial charge in [-0.3, -0.25) is 4.79 Å². The first kappa shape index (κ1) is 13.3. The lowest BCUT2D eigenvalue weighted by molar-refractivity contribution is 0.0972. The predicted molar refractivity (Wildman–Crippen MR) is 75.7 cm³/mol. The quantitative estimate of drug-likeness (QED) is 0.545. The second-order valence-corrected chi connectivity index (χ2v) is 5.81. The summed E-state index contributed by atoms with van der Waals surface area (Å²) in [4.78, 5) is 12.0. The van der Waals surface area contributed by atoms with Gasteiger partial charge in [0.15, 0.2) is 5.78 Å². The molecule has 2 unspecified atom stereocenters. The van der Waals surface area contributed by atoms with E-state index in [1.54, 1.807) is 0 Å². The van der Waals surface area contributed by atoms with Crippen LogP contribution in [0, 0.1) is 11.8 Å². The summed E-state index contributed by atoms with van der Waals surface area (Å²) in [5.41, 5.74) is 0.875. The molecule has 2 atom stereocenters. The molecule has 0 bridgehead atoms. The third kappa shape index (κ3) is 3.97. The average Bonchev–Trinajstić information content (AvgIpc) is 2.62. The molecule has 1 aromatic carbocycles. The second-order valence-electron chi connectivity index (χ2n) is 5.81.